The van der Waals surface area contributed by atoms with Crippen LogP contribution in [0.1, 0.15) is 17.0 Å². The van der Waals surface area contributed by atoms with E-state index in [2.05, 4.69) is 20.3 Å². The number of anilines is 3. The van der Waals surface area contributed by atoms with Crippen LogP contribution in [0.15, 0.2) is 42.5 Å². The molecule has 0 bridgehead atoms. The number of carbonyl (C=O) groups is 1. The minimum absolute atomic E-state index is 0.0184. The fourth-order valence-electron chi connectivity index (χ4n) is 2.44. The van der Waals surface area contributed by atoms with E-state index >= 15 is 0 Å². The van der Waals surface area contributed by atoms with Gasteiger partial charge in [0.25, 0.3) is 0 Å². The quantitative estimate of drug-likeness (QED) is 0.565. The molecule has 0 atom stereocenters. The van der Waals surface area contributed by atoms with Crippen LogP contribution in [0.3, 0.4) is 0 Å². The van der Waals surface area contributed by atoms with Gasteiger partial charge >= 0.3 is 5.97 Å². The van der Waals surface area contributed by atoms with E-state index in [9.17, 15) is 4.79 Å². The minimum atomic E-state index is -0.588. The molecule has 0 aliphatic carbocycles. The third-order valence-electron chi connectivity index (χ3n) is 3.89. The number of benzene rings is 2. The van der Waals surface area contributed by atoms with E-state index in [-0.39, 0.29) is 30.9 Å². The van der Waals surface area contributed by atoms with Gasteiger partial charge in [-0.1, -0.05) is 35.9 Å². The SMILES string of the molecule is Cc1ccc(Cl)c(OCC(=O)OCc2nc(N)nc(Nc3ccccc3C)n2)c1. The molecule has 3 aromatic rings. The Balaban J connectivity index is 1.58. The number of halogens is 1. The molecule has 0 saturated carbocycles. The molecule has 29 heavy (non-hydrogen) atoms. The van der Waals surface area contributed by atoms with E-state index in [0.29, 0.717) is 10.8 Å². The summed E-state index contributed by atoms with van der Waals surface area (Å²) in [5.74, 6) is 0.328. The summed E-state index contributed by atoms with van der Waals surface area (Å²) < 4.78 is 10.6. The Bertz CT molecular complexity index is 1030. The lowest BCUT2D eigenvalue weighted by Gasteiger charge is -2.10. The largest absolute Gasteiger partial charge is 0.480 e. The highest BCUT2D eigenvalue weighted by Crippen LogP contribution is 2.25. The van der Waals surface area contributed by atoms with Crippen molar-refractivity contribution in [2.24, 2.45) is 0 Å². The van der Waals surface area contributed by atoms with Crippen molar-refractivity contribution in [3.63, 3.8) is 0 Å². The highest BCUT2D eigenvalue weighted by Gasteiger charge is 2.11. The van der Waals surface area contributed by atoms with Gasteiger partial charge in [-0.15, -0.1) is 0 Å². The number of aromatic nitrogens is 3. The van der Waals surface area contributed by atoms with Gasteiger partial charge in [0.2, 0.25) is 11.9 Å². The number of ether oxygens (including phenoxy) is 2. The lowest BCUT2D eigenvalue weighted by molar-refractivity contribution is -0.147. The molecule has 9 heteroatoms. The summed E-state index contributed by atoms with van der Waals surface area (Å²) in [6.45, 7) is 3.39. The molecule has 0 fully saturated rings. The molecular weight excluding hydrogens is 394 g/mol. The maximum atomic E-state index is 12.0. The van der Waals surface area contributed by atoms with Gasteiger partial charge in [0.15, 0.2) is 19.0 Å². The van der Waals surface area contributed by atoms with Crippen molar-refractivity contribution < 1.29 is 14.3 Å². The second-order valence-corrected chi connectivity index (χ2v) is 6.66. The van der Waals surface area contributed by atoms with Crippen molar-refractivity contribution in [3.8, 4) is 5.75 Å². The first kappa shape index (κ1) is 20.3. The maximum Gasteiger partial charge on any atom is 0.344 e. The van der Waals surface area contributed by atoms with E-state index < -0.39 is 5.97 Å². The molecule has 2 aromatic carbocycles. The van der Waals surface area contributed by atoms with Crippen molar-refractivity contribution >= 4 is 35.2 Å². The molecule has 0 aliphatic rings. The van der Waals surface area contributed by atoms with Crippen LogP contribution in [0.2, 0.25) is 5.02 Å². The molecule has 0 saturated heterocycles. The van der Waals surface area contributed by atoms with Crippen LogP contribution in [-0.2, 0) is 16.1 Å². The van der Waals surface area contributed by atoms with E-state index in [1.54, 1.807) is 12.1 Å². The van der Waals surface area contributed by atoms with E-state index in [1.807, 2.05) is 44.2 Å². The number of hydrogen-bond donors (Lipinski definition) is 2. The van der Waals surface area contributed by atoms with Gasteiger partial charge < -0.3 is 20.5 Å². The Morgan fingerprint density at radius 1 is 1.14 bits per heavy atom. The Kier molecular flexibility index (Phi) is 6.46. The van der Waals surface area contributed by atoms with Crippen LogP contribution in [0.4, 0.5) is 17.6 Å². The first-order chi connectivity index (χ1) is 13.9. The van der Waals surface area contributed by atoms with Gasteiger partial charge in [-0.3, -0.25) is 0 Å². The van der Waals surface area contributed by atoms with Crippen LogP contribution >= 0.6 is 11.6 Å². The van der Waals surface area contributed by atoms with Crippen LogP contribution in [0, 0.1) is 13.8 Å². The molecule has 0 aliphatic heterocycles. The average molecular weight is 414 g/mol. The summed E-state index contributed by atoms with van der Waals surface area (Å²) in [7, 11) is 0. The smallest absolute Gasteiger partial charge is 0.344 e. The maximum absolute atomic E-state index is 12.0. The molecular formula is C20H20ClN5O3. The van der Waals surface area contributed by atoms with Gasteiger partial charge in [0.1, 0.15) is 5.75 Å². The number of hydrogen-bond acceptors (Lipinski definition) is 8. The topological polar surface area (TPSA) is 112 Å². The molecule has 150 valence electrons. The van der Waals surface area contributed by atoms with Crippen LogP contribution < -0.4 is 15.8 Å². The highest BCUT2D eigenvalue weighted by atomic mass is 35.5. The second kappa shape index (κ2) is 9.20. The molecule has 0 radical (unpaired) electrons. The molecule has 8 nitrogen and oxygen atoms in total. The molecule has 0 amide bonds. The first-order valence-electron chi connectivity index (χ1n) is 8.78. The van der Waals surface area contributed by atoms with Gasteiger partial charge in [-0.25, -0.2) is 4.79 Å². The molecule has 3 rings (SSSR count). The Hall–Kier alpha value is -3.39. The third kappa shape index (κ3) is 5.79. The number of esters is 1. The summed E-state index contributed by atoms with van der Waals surface area (Å²) in [5.41, 5.74) is 8.56. The summed E-state index contributed by atoms with van der Waals surface area (Å²) in [6.07, 6.45) is 0. The van der Waals surface area contributed by atoms with Crippen LogP contribution in [0.25, 0.3) is 0 Å². The Morgan fingerprint density at radius 2 is 1.93 bits per heavy atom. The van der Waals surface area contributed by atoms with Crippen molar-refractivity contribution in [2.75, 3.05) is 17.7 Å². The fraction of sp³-hybridized carbons (Fsp3) is 0.200. The van der Waals surface area contributed by atoms with Crippen LogP contribution in [0.5, 0.6) is 5.75 Å². The minimum Gasteiger partial charge on any atom is -0.480 e. The number of nitrogens with zero attached hydrogens (tertiary/aromatic N) is 3. The molecule has 3 N–H and O–H groups in total. The van der Waals surface area contributed by atoms with Crippen molar-refractivity contribution in [1.29, 1.82) is 0 Å². The lowest BCUT2D eigenvalue weighted by atomic mass is 10.2. The number of nitrogens with two attached hydrogens (primary N) is 1. The highest BCUT2D eigenvalue weighted by molar-refractivity contribution is 6.32. The van der Waals surface area contributed by atoms with Crippen LogP contribution in [-0.4, -0.2) is 27.5 Å². The zero-order valence-corrected chi connectivity index (χ0v) is 16.7. The van der Waals surface area contributed by atoms with E-state index in [4.69, 9.17) is 26.8 Å². The number of carbonyl (C=O) groups excluding carboxylic acids is 1. The number of aryl methyl sites for hydroxylation is 2. The molecule has 0 spiro atoms. The summed E-state index contributed by atoms with van der Waals surface area (Å²) in [6, 6.07) is 13.0. The normalized spacial score (nSPS) is 10.4. The average Bonchev–Trinajstić information content (AvgIpc) is 2.68. The van der Waals surface area contributed by atoms with E-state index in [0.717, 1.165) is 16.8 Å². The predicted molar refractivity (Wildman–Crippen MR) is 110 cm³/mol. The Morgan fingerprint density at radius 3 is 2.72 bits per heavy atom. The van der Waals surface area contributed by atoms with E-state index in [1.165, 1.54) is 0 Å². The van der Waals surface area contributed by atoms with Gasteiger partial charge in [-0.2, -0.15) is 15.0 Å². The zero-order valence-electron chi connectivity index (χ0n) is 16.0. The summed E-state index contributed by atoms with van der Waals surface area (Å²) in [5, 5.41) is 3.49. The number of nitrogens with one attached hydrogen (secondary N) is 1. The molecule has 1 heterocycles. The standard InChI is InChI=1S/C20H20ClN5O3/c1-12-7-8-14(21)16(9-12)28-11-18(27)29-10-17-24-19(22)26-20(25-17)23-15-6-4-3-5-13(15)2/h3-9H,10-11H2,1-2H3,(H3,22,23,24,25,26). The van der Waals surface area contributed by atoms with Crippen molar-refractivity contribution in [1.82, 2.24) is 15.0 Å². The number of nitrogen functional groups attached to an aromatic ring is 1. The third-order valence-corrected chi connectivity index (χ3v) is 4.20. The fourth-order valence-corrected chi connectivity index (χ4v) is 2.61. The van der Waals surface area contributed by atoms with Crippen molar-refractivity contribution in [2.45, 2.75) is 20.5 Å². The van der Waals surface area contributed by atoms with Gasteiger partial charge in [0, 0.05) is 5.69 Å². The monoisotopic (exact) mass is 413 g/mol. The predicted octanol–water partition coefficient (Wildman–Crippen LogP) is 3.59. The second-order valence-electron chi connectivity index (χ2n) is 6.26. The number of rotatable bonds is 7. The number of para-hydroxylation sites is 1. The Labute approximate surface area is 173 Å². The first-order valence-corrected chi connectivity index (χ1v) is 9.16. The van der Waals surface area contributed by atoms with Gasteiger partial charge in [-0.05, 0) is 43.2 Å². The molecule has 0 unspecified atom stereocenters. The summed E-state index contributed by atoms with van der Waals surface area (Å²) >= 11 is 6.04. The zero-order chi connectivity index (χ0) is 20.8. The van der Waals surface area contributed by atoms with Crippen molar-refractivity contribution in [3.05, 3.63) is 64.4 Å². The molecule has 1 aromatic heterocycles. The lowest BCUT2D eigenvalue weighted by Crippen LogP contribution is -2.16. The summed E-state index contributed by atoms with van der Waals surface area (Å²) in [4.78, 5) is 24.3. The van der Waals surface area contributed by atoms with Gasteiger partial charge in [0.05, 0.1) is 5.02 Å².